The molecule has 1 aliphatic heterocycles. The molecule has 8 heteroatoms. The van der Waals surface area contributed by atoms with Crippen molar-refractivity contribution in [2.24, 2.45) is 0 Å². The molecule has 1 aromatic rings. The number of rotatable bonds is 4. The van der Waals surface area contributed by atoms with E-state index < -0.39 is 12.0 Å². The molecule has 1 atom stereocenters. The molecule has 102 valence electrons. The molecule has 0 aromatic carbocycles. The fourth-order valence-electron chi connectivity index (χ4n) is 1.96. The van der Waals surface area contributed by atoms with Gasteiger partial charge in [-0.1, -0.05) is 0 Å². The smallest absolute Gasteiger partial charge is 0.305 e. The number of carbonyl (C=O) groups is 2. The van der Waals surface area contributed by atoms with Gasteiger partial charge in [0.1, 0.15) is 18.2 Å². The predicted molar refractivity (Wildman–Crippen MR) is 65.0 cm³/mol. The minimum atomic E-state index is -1.03. The predicted octanol–water partition coefficient (Wildman–Crippen LogP) is -0.735. The van der Waals surface area contributed by atoms with Crippen LogP contribution in [0.5, 0.6) is 5.88 Å². The summed E-state index contributed by atoms with van der Waals surface area (Å²) < 4.78 is 4.99. The van der Waals surface area contributed by atoms with Crippen LogP contribution in [0.3, 0.4) is 0 Å². The summed E-state index contributed by atoms with van der Waals surface area (Å²) in [4.78, 5) is 32.2. The second-order valence-corrected chi connectivity index (χ2v) is 4.02. The topological polar surface area (TPSA) is 105 Å². The number of nitrogens with one attached hydrogen (secondary N) is 1. The lowest BCUT2D eigenvalue weighted by atomic mass is 10.1. The number of aliphatic carboxylic acids is 1. The molecule has 0 bridgehead atoms. The van der Waals surface area contributed by atoms with Crippen LogP contribution in [-0.2, 0) is 9.59 Å². The molecule has 0 saturated carbocycles. The van der Waals surface area contributed by atoms with Crippen LogP contribution in [0.1, 0.15) is 6.42 Å². The van der Waals surface area contributed by atoms with E-state index in [-0.39, 0.29) is 12.3 Å². The molecule has 19 heavy (non-hydrogen) atoms. The Morgan fingerprint density at radius 2 is 2.42 bits per heavy atom. The lowest BCUT2D eigenvalue weighted by Gasteiger charge is -2.35. The highest BCUT2D eigenvalue weighted by atomic mass is 16.5. The Morgan fingerprint density at radius 3 is 3.11 bits per heavy atom. The number of hydrogen-bond acceptors (Lipinski definition) is 6. The number of nitrogens with zero attached hydrogens (tertiary/aromatic N) is 3. The molecule has 1 aromatic heterocycles. The zero-order valence-electron chi connectivity index (χ0n) is 10.4. The van der Waals surface area contributed by atoms with Crippen LogP contribution in [0.15, 0.2) is 12.4 Å². The highest BCUT2D eigenvalue weighted by molar-refractivity contribution is 5.90. The standard InChI is InChI=1S/C11H14N4O4/c1-19-9-5-8(13-6-14-9)15-3-2-12-11(18)7(15)4-10(16)17/h5-7H,2-4H2,1H3,(H,12,18)(H,16,17). The molecule has 2 heterocycles. The Kier molecular flexibility index (Phi) is 3.79. The summed E-state index contributed by atoms with van der Waals surface area (Å²) in [5.74, 6) is -0.502. The van der Waals surface area contributed by atoms with Crippen molar-refractivity contribution in [3.63, 3.8) is 0 Å². The molecule has 1 aliphatic rings. The van der Waals surface area contributed by atoms with Gasteiger partial charge in [0.25, 0.3) is 0 Å². The zero-order valence-corrected chi connectivity index (χ0v) is 10.4. The number of piperazine rings is 1. The van der Waals surface area contributed by atoms with Gasteiger partial charge in [-0.15, -0.1) is 0 Å². The summed E-state index contributed by atoms with van der Waals surface area (Å²) in [6, 6.07) is 0.804. The maximum atomic E-state index is 11.8. The summed E-state index contributed by atoms with van der Waals surface area (Å²) in [6.45, 7) is 0.936. The van der Waals surface area contributed by atoms with Gasteiger partial charge in [0, 0.05) is 19.2 Å². The van der Waals surface area contributed by atoms with Crippen molar-refractivity contribution in [1.29, 1.82) is 0 Å². The van der Waals surface area contributed by atoms with E-state index in [4.69, 9.17) is 9.84 Å². The third-order valence-corrected chi connectivity index (χ3v) is 2.83. The quantitative estimate of drug-likeness (QED) is 0.739. The Morgan fingerprint density at radius 1 is 1.63 bits per heavy atom. The summed E-state index contributed by atoms with van der Waals surface area (Å²) in [7, 11) is 1.48. The normalized spacial score (nSPS) is 18.9. The average Bonchev–Trinajstić information content (AvgIpc) is 2.40. The van der Waals surface area contributed by atoms with Crippen LogP contribution in [0.4, 0.5) is 5.82 Å². The largest absolute Gasteiger partial charge is 0.481 e. The highest BCUT2D eigenvalue weighted by Crippen LogP contribution is 2.20. The molecule has 1 amide bonds. The number of amides is 1. The summed E-state index contributed by atoms with van der Waals surface area (Å²) in [5, 5.41) is 11.5. The molecule has 1 unspecified atom stereocenters. The average molecular weight is 266 g/mol. The van der Waals surface area contributed by atoms with Crippen LogP contribution in [-0.4, -0.2) is 53.2 Å². The van der Waals surface area contributed by atoms with Crippen LogP contribution < -0.4 is 15.0 Å². The number of carboxylic acids is 1. The maximum absolute atomic E-state index is 11.8. The van der Waals surface area contributed by atoms with Gasteiger partial charge >= 0.3 is 5.97 Å². The van der Waals surface area contributed by atoms with E-state index in [9.17, 15) is 9.59 Å². The molecule has 2 rings (SSSR count). The van der Waals surface area contributed by atoms with Gasteiger partial charge in [-0.3, -0.25) is 9.59 Å². The lowest BCUT2D eigenvalue weighted by molar-refractivity contribution is -0.139. The van der Waals surface area contributed by atoms with Gasteiger partial charge in [0.15, 0.2) is 0 Å². The van der Waals surface area contributed by atoms with E-state index in [0.717, 1.165) is 0 Å². The molecule has 0 spiro atoms. The van der Waals surface area contributed by atoms with E-state index >= 15 is 0 Å². The highest BCUT2D eigenvalue weighted by Gasteiger charge is 2.32. The Bertz CT molecular complexity index is 493. The van der Waals surface area contributed by atoms with Crippen LogP contribution in [0.25, 0.3) is 0 Å². The molecular weight excluding hydrogens is 252 g/mol. The zero-order chi connectivity index (χ0) is 13.8. The van der Waals surface area contributed by atoms with E-state index in [1.54, 1.807) is 11.0 Å². The number of ether oxygens (including phenoxy) is 1. The summed E-state index contributed by atoms with van der Waals surface area (Å²) in [6.07, 6.45) is 1.04. The first-order valence-electron chi connectivity index (χ1n) is 5.74. The first-order chi connectivity index (χ1) is 9.11. The molecule has 1 saturated heterocycles. The van der Waals surface area contributed by atoms with Crippen LogP contribution in [0, 0.1) is 0 Å². The van der Waals surface area contributed by atoms with Gasteiger partial charge in [0.2, 0.25) is 11.8 Å². The third-order valence-electron chi connectivity index (χ3n) is 2.83. The van der Waals surface area contributed by atoms with E-state index in [1.165, 1.54) is 13.4 Å². The molecule has 0 radical (unpaired) electrons. The Labute approximate surface area is 109 Å². The SMILES string of the molecule is COc1cc(N2CCNC(=O)C2CC(=O)O)ncn1. The Hall–Kier alpha value is -2.38. The number of methoxy groups -OCH3 is 1. The summed E-state index contributed by atoms with van der Waals surface area (Å²) >= 11 is 0. The number of hydrogen-bond donors (Lipinski definition) is 2. The van der Waals surface area contributed by atoms with E-state index in [0.29, 0.717) is 24.8 Å². The number of aromatic nitrogens is 2. The lowest BCUT2D eigenvalue weighted by Crippen LogP contribution is -2.56. The fraction of sp³-hybridized carbons (Fsp3) is 0.455. The molecular formula is C11H14N4O4. The molecule has 1 fully saturated rings. The van der Waals surface area contributed by atoms with Crippen molar-refractivity contribution in [1.82, 2.24) is 15.3 Å². The van der Waals surface area contributed by atoms with Crippen molar-refractivity contribution < 1.29 is 19.4 Å². The fourth-order valence-corrected chi connectivity index (χ4v) is 1.96. The second-order valence-electron chi connectivity index (χ2n) is 4.02. The number of carboxylic acid groups (broad SMARTS) is 1. The molecule has 8 nitrogen and oxygen atoms in total. The van der Waals surface area contributed by atoms with Crippen molar-refractivity contribution >= 4 is 17.7 Å². The van der Waals surface area contributed by atoms with Gasteiger partial charge in [-0.25, -0.2) is 9.97 Å². The monoisotopic (exact) mass is 266 g/mol. The van der Waals surface area contributed by atoms with Crippen molar-refractivity contribution in [3.05, 3.63) is 12.4 Å². The van der Waals surface area contributed by atoms with Gasteiger partial charge in [-0.05, 0) is 0 Å². The Balaban J connectivity index is 2.27. The number of carbonyl (C=O) groups excluding carboxylic acids is 1. The van der Waals surface area contributed by atoms with Crippen LogP contribution >= 0.6 is 0 Å². The number of anilines is 1. The van der Waals surface area contributed by atoms with E-state index in [2.05, 4.69) is 15.3 Å². The summed E-state index contributed by atoms with van der Waals surface area (Å²) in [5.41, 5.74) is 0. The third kappa shape index (κ3) is 2.90. The van der Waals surface area contributed by atoms with Crippen molar-refractivity contribution in [2.45, 2.75) is 12.5 Å². The maximum Gasteiger partial charge on any atom is 0.305 e. The van der Waals surface area contributed by atoms with Crippen molar-refractivity contribution in [2.75, 3.05) is 25.1 Å². The van der Waals surface area contributed by atoms with E-state index in [1.807, 2.05) is 0 Å². The molecule has 0 aliphatic carbocycles. The first kappa shape index (κ1) is 13.1. The van der Waals surface area contributed by atoms with Gasteiger partial charge < -0.3 is 20.1 Å². The van der Waals surface area contributed by atoms with Gasteiger partial charge in [0.05, 0.1) is 13.5 Å². The van der Waals surface area contributed by atoms with Gasteiger partial charge in [-0.2, -0.15) is 0 Å². The van der Waals surface area contributed by atoms with Crippen LogP contribution in [0.2, 0.25) is 0 Å². The minimum Gasteiger partial charge on any atom is -0.481 e. The molecule has 2 N–H and O–H groups in total. The van der Waals surface area contributed by atoms with Crippen molar-refractivity contribution in [3.8, 4) is 5.88 Å². The first-order valence-corrected chi connectivity index (χ1v) is 5.74. The second kappa shape index (κ2) is 5.51. The minimum absolute atomic E-state index is 0.280.